The highest BCUT2D eigenvalue weighted by Crippen LogP contribution is 2.31. The second kappa shape index (κ2) is 6.45. The van der Waals surface area contributed by atoms with Gasteiger partial charge < -0.3 is 9.84 Å². The normalized spacial score (nSPS) is 21.5. The van der Waals surface area contributed by atoms with Crippen LogP contribution >= 0.6 is 0 Å². The monoisotopic (exact) mass is 321 g/mol. The molecule has 2 atom stereocenters. The molecule has 7 heteroatoms. The van der Waals surface area contributed by atoms with Gasteiger partial charge in [0, 0.05) is 18.7 Å². The van der Waals surface area contributed by atoms with Gasteiger partial charge in [0.25, 0.3) is 0 Å². The van der Waals surface area contributed by atoms with Crippen LogP contribution in [0.5, 0.6) is 0 Å². The van der Waals surface area contributed by atoms with E-state index in [1.165, 1.54) is 12.3 Å². The molecule has 2 aromatic rings. The van der Waals surface area contributed by atoms with Crippen molar-refractivity contribution in [3.8, 4) is 0 Å². The third-order valence-electron chi connectivity index (χ3n) is 4.11. The average Bonchev–Trinajstić information content (AvgIpc) is 3.12. The number of likely N-dealkylation sites (tertiary alicyclic amines) is 1. The lowest BCUT2D eigenvalue weighted by atomic mass is 9.99. The minimum Gasteiger partial charge on any atom is -0.364 e. The number of benzene rings is 1. The van der Waals surface area contributed by atoms with Crippen LogP contribution in [-0.4, -0.2) is 35.6 Å². The molecule has 0 spiro atoms. The predicted octanol–water partition coefficient (Wildman–Crippen LogP) is 2.06. The molecule has 0 aliphatic carbocycles. The molecule has 3 rings (SSSR count). The van der Waals surface area contributed by atoms with Gasteiger partial charge in [0.2, 0.25) is 5.91 Å². The van der Waals surface area contributed by atoms with Crippen LogP contribution in [0.2, 0.25) is 0 Å². The summed E-state index contributed by atoms with van der Waals surface area (Å²) in [5, 5.41) is 6.66. The van der Waals surface area contributed by atoms with Gasteiger partial charge in [0.05, 0.1) is 18.2 Å². The van der Waals surface area contributed by atoms with Crippen molar-refractivity contribution in [2.75, 3.05) is 13.6 Å². The van der Waals surface area contributed by atoms with Gasteiger partial charge in [0.1, 0.15) is 6.26 Å². The number of carbonyl (C=O) groups is 1. The van der Waals surface area contributed by atoms with E-state index in [1.807, 2.05) is 11.9 Å². The Labute approximate surface area is 132 Å². The maximum atomic E-state index is 13.5. The van der Waals surface area contributed by atoms with E-state index in [2.05, 4.69) is 10.5 Å². The van der Waals surface area contributed by atoms with Gasteiger partial charge in [-0.25, -0.2) is 8.78 Å². The summed E-state index contributed by atoms with van der Waals surface area (Å²) in [6.45, 7) is 0.762. The topological polar surface area (TPSA) is 58.4 Å². The third-order valence-corrected chi connectivity index (χ3v) is 4.11. The fraction of sp³-hybridized carbons (Fsp3) is 0.375. The Hall–Kier alpha value is -2.28. The number of halogens is 2. The highest BCUT2D eigenvalue weighted by Gasteiger charge is 2.34. The molecule has 2 heterocycles. The molecule has 0 unspecified atom stereocenters. The van der Waals surface area contributed by atoms with Gasteiger partial charge in [-0.2, -0.15) is 0 Å². The zero-order valence-corrected chi connectivity index (χ0v) is 12.6. The fourth-order valence-electron chi connectivity index (χ4n) is 3.03. The summed E-state index contributed by atoms with van der Waals surface area (Å²) < 4.78 is 31.3. The SMILES string of the molecule is CN1CC[C@@H](NC(=O)Cc2ccon2)[C@@H]1c1ccc(F)c(F)c1. The molecule has 1 aliphatic rings. The van der Waals surface area contributed by atoms with Crippen LogP contribution in [0.3, 0.4) is 0 Å². The third kappa shape index (κ3) is 3.39. The lowest BCUT2D eigenvalue weighted by molar-refractivity contribution is -0.121. The minimum absolute atomic E-state index is 0.126. The number of hydrogen-bond donors (Lipinski definition) is 1. The molecule has 1 fully saturated rings. The molecule has 0 bridgehead atoms. The van der Waals surface area contributed by atoms with E-state index < -0.39 is 11.6 Å². The molecule has 0 saturated carbocycles. The predicted molar refractivity (Wildman–Crippen MR) is 78.5 cm³/mol. The highest BCUT2D eigenvalue weighted by molar-refractivity contribution is 5.78. The maximum absolute atomic E-state index is 13.5. The Bertz CT molecular complexity index is 691. The summed E-state index contributed by atoms with van der Waals surface area (Å²) in [6.07, 6.45) is 2.28. The molecule has 1 aliphatic heterocycles. The van der Waals surface area contributed by atoms with Crippen molar-refractivity contribution in [3.63, 3.8) is 0 Å². The van der Waals surface area contributed by atoms with E-state index in [1.54, 1.807) is 12.1 Å². The molecular weight excluding hydrogens is 304 g/mol. The lowest BCUT2D eigenvalue weighted by Gasteiger charge is -2.26. The number of nitrogens with one attached hydrogen (secondary N) is 1. The minimum atomic E-state index is -0.879. The fourth-order valence-corrected chi connectivity index (χ4v) is 3.03. The first-order chi connectivity index (χ1) is 11.0. The molecule has 1 saturated heterocycles. The number of nitrogens with zero attached hydrogens (tertiary/aromatic N) is 2. The van der Waals surface area contributed by atoms with Crippen LogP contribution in [0.15, 0.2) is 35.1 Å². The van der Waals surface area contributed by atoms with Crippen LogP contribution < -0.4 is 5.32 Å². The number of aromatic nitrogens is 1. The molecule has 0 radical (unpaired) electrons. The average molecular weight is 321 g/mol. The van der Waals surface area contributed by atoms with E-state index in [9.17, 15) is 13.6 Å². The Morgan fingerprint density at radius 1 is 1.39 bits per heavy atom. The zero-order valence-electron chi connectivity index (χ0n) is 12.6. The van der Waals surface area contributed by atoms with Gasteiger partial charge in [-0.3, -0.25) is 9.69 Å². The number of likely N-dealkylation sites (N-methyl/N-ethyl adjacent to an activating group) is 1. The van der Waals surface area contributed by atoms with Crippen LogP contribution in [0, 0.1) is 11.6 Å². The molecule has 1 aromatic heterocycles. The number of carbonyl (C=O) groups excluding carboxylic acids is 1. The van der Waals surface area contributed by atoms with Crippen molar-refractivity contribution >= 4 is 5.91 Å². The maximum Gasteiger partial charge on any atom is 0.226 e. The summed E-state index contributed by atoms with van der Waals surface area (Å²) in [7, 11) is 1.90. The largest absolute Gasteiger partial charge is 0.364 e. The summed E-state index contributed by atoms with van der Waals surface area (Å²) in [4.78, 5) is 14.1. The summed E-state index contributed by atoms with van der Waals surface area (Å²) >= 11 is 0. The summed E-state index contributed by atoms with van der Waals surface area (Å²) in [5.74, 6) is -1.93. The van der Waals surface area contributed by atoms with Crippen molar-refractivity contribution in [2.24, 2.45) is 0 Å². The Morgan fingerprint density at radius 2 is 2.22 bits per heavy atom. The van der Waals surface area contributed by atoms with Crippen LogP contribution in [0.4, 0.5) is 8.78 Å². The van der Waals surface area contributed by atoms with E-state index in [4.69, 9.17) is 4.52 Å². The lowest BCUT2D eigenvalue weighted by Crippen LogP contribution is -2.39. The first-order valence-electron chi connectivity index (χ1n) is 7.38. The second-order valence-corrected chi connectivity index (χ2v) is 5.73. The Balaban J connectivity index is 1.73. The van der Waals surface area contributed by atoms with E-state index in [0.717, 1.165) is 19.0 Å². The van der Waals surface area contributed by atoms with Crippen molar-refractivity contribution in [1.82, 2.24) is 15.4 Å². The summed E-state index contributed by atoms with van der Waals surface area (Å²) in [6, 6.07) is 5.15. The van der Waals surface area contributed by atoms with Crippen molar-refractivity contribution in [3.05, 3.63) is 53.4 Å². The second-order valence-electron chi connectivity index (χ2n) is 5.73. The molecule has 1 N–H and O–H groups in total. The molecule has 1 aromatic carbocycles. The van der Waals surface area contributed by atoms with E-state index in [-0.39, 0.29) is 24.4 Å². The first-order valence-corrected chi connectivity index (χ1v) is 7.38. The molecular formula is C16H17F2N3O2. The van der Waals surface area contributed by atoms with Crippen LogP contribution in [-0.2, 0) is 11.2 Å². The van der Waals surface area contributed by atoms with Gasteiger partial charge in [-0.1, -0.05) is 11.2 Å². The quantitative estimate of drug-likeness (QED) is 0.936. The Kier molecular flexibility index (Phi) is 4.38. The number of rotatable bonds is 4. The molecule has 23 heavy (non-hydrogen) atoms. The highest BCUT2D eigenvalue weighted by atomic mass is 19.2. The van der Waals surface area contributed by atoms with Crippen molar-refractivity contribution in [1.29, 1.82) is 0 Å². The van der Waals surface area contributed by atoms with Crippen LogP contribution in [0.25, 0.3) is 0 Å². The number of hydrogen-bond acceptors (Lipinski definition) is 4. The standard InChI is InChI=1S/C16H17F2N3O2/c1-21-6-4-14(19-15(22)9-11-5-7-23-20-11)16(21)10-2-3-12(17)13(18)8-10/h2-3,5,7-8,14,16H,4,6,9H2,1H3,(H,19,22)/t14-,16+/m1/s1. The van der Waals surface area contributed by atoms with Gasteiger partial charge in [-0.15, -0.1) is 0 Å². The van der Waals surface area contributed by atoms with E-state index >= 15 is 0 Å². The van der Waals surface area contributed by atoms with E-state index in [0.29, 0.717) is 11.3 Å². The van der Waals surface area contributed by atoms with Crippen molar-refractivity contribution in [2.45, 2.75) is 24.9 Å². The van der Waals surface area contributed by atoms with Gasteiger partial charge in [0.15, 0.2) is 11.6 Å². The Morgan fingerprint density at radius 3 is 2.91 bits per heavy atom. The van der Waals surface area contributed by atoms with Crippen molar-refractivity contribution < 1.29 is 18.1 Å². The number of amides is 1. The van der Waals surface area contributed by atoms with Crippen LogP contribution in [0.1, 0.15) is 23.7 Å². The smallest absolute Gasteiger partial charge is 0.226 e. The summed E-state index contributed by atoms with van der Waals surface area (Å²) in [5.41, 5.74) is 1.20. The molecule has 122 valence electrons. The molecule has 5 nitrogen and oxygen atoms in total. The van der Waals surface area contributed by atoms with Gasteiger partial charge in [-0.05, 0) is 31.2 Å². The van der Waals surface area contributed by atoms with Gasteiger partial charge >= 0.3 is 0 Å². The zero-order chi connectivity index (χ0) is 16.4. The molecule has 1 amide bonds. The first kappa shape index (κ1) is 15.6.